The van der Waals surface area contributed by atoms with Gasteiger partial charge in [-0.25, -0.2) is 4.79 Å². The zero-order valence-electron chi connectivity index (χ0n) is 23.2. The molecule has 0 amide bonds. The molecule has 2 saturated heterocycles. The molecule has 0 unspecified atom stereocenters. The lowest BCUT2D eigenvalue weighted by Crippen LogP contribution is -2.73. The van der Waals surface area contributed by atoms with Crippen molar-refractivity contribution in [2.24, 2.45) is 28.6 Å². The molecule has 0 aromatic rings. The van der Waals surface area contributed by atoms with Gasteiger partial charge < -0.3 is 49.6 Å². The second-order valence-corrected chi connectivity index (χ2v) is 13.9. The Kier molecular flexibility index (Phi) is 6.14. The number of aliphatic hydroxyl groups is 6. The number of esters is 2. The van der Waals surface area contributed by atoms with Crippen molar-refractivity contribution >= 4 is 11.9 Å². The zero-order valence-corrected chi connectivity index (χ0v) is 23.2. The van der Waals surface area contributed by atoms with Gasteiger partial charge in [-0.2, -0.15) is 0 Å². The number of cyclic esters (lactones) is 1. The topological polar surface area (TPSA) is 192 Å². The number of hydrogen-bond acceptors (Lipinski definition) is 12. The fourth-order valence-electron chi connectivity index (χ4n) is 10.4. The van der Waals surface area contributed by atoms with E-state index in [1.807, 2.05) is 6.92 Å². The van der Waals surface area contributed by atoms with E-state index in [9.17, 15) is 40.2 Å². The van der Waals surface area contributed by atoms with Crippen LogP contribution in [0.2, 0.25) is 0 Å². The van der Waals surface area contributed by atoms with Gasteiger partial charge >= 0.3 is 11.9 Å². The summed E-state index contributed by atoms with van der Waals surface area (Å²) in [7, 11) is 0. The lowest BCUT2D eigenvalue weighted by molar-refractivity contribution is -0.324. The fraction of sp³-hybridized carbons (Fsp3) is 0.862. The first kappa shape index (κ1) is 28.1. The normalized spacial score (nSPS) is 57.8. The molecule has 12 nitrogen and oxygen atoms in total. The molecule has 6 N–H and O–H groups in total. The molecule has 7 rings (SSSR count). The Morgan fingerprint density at radius 2 is 1.76 bits per heavy atom. The standard InChI is InChI=1S/C29H40O12/c1-12-21(32)22(33)23(34)24(39-12)40-14-8-18(30)29-20-16(3-5-27(29,36)9-14)28(37)6-4-15(13-7-19(31)38-11-13)26(28,2)10-17(20)41-25(29)35/h7,12,14-18,20-24,30,32-34,36-37H,3-6,8-11H2,1-2H3/t12-,14+,15-,16-,17-,18+,20-,21+,22+,23+,24+,26-,27+,28-,29-/m1/s1. The smallest absolute Gasteiger partial charge is 0.331 e. The average Bonchev–Trinajstić information content (AvgIpc) is 3.54. The maximum Gasteiger partial charge on any atom is 0.331 e. The quantitative estimate of drug-likeness (QED) is 0.178. The fourth-order valence-corrected chi connectivity index (χ4v) is 10.4. The van der Waals surface area contributed by atoms with E-state index in [-0.39, 0.29) is 31.8 Å². The van der Waals surface area contributed by atoms with Crippen LogP contribution in [0.5, 0.6) is 0 Å². The van der Waals surface area contributed by atoms with Gasteiger partial charge in [-0.05, 0) is 56.4 Å². The Hall–Kier alpha value is -1.64. The number of fused-ring (bicyclic) bond motifs is 2. The highest BCUT2D eigenvalue weighted by molar-refractivity contribution is 5.85. The lowest BCUT2D eigenvalue weighted by atomic mass is 9.41. The van der Waals surface area contributed by atoms with Gasteiger partial charge in [0.2, 0.25) is 0 Å². The van der Waals surface area contributed by atoms with Crippen molar-refractivity contribution in [3.63, 3.8) is 0 Å². The first-order valence-corrected chi connectivity index (χ1v) is 14.8. The van der Waals surface area contributed by atoms with Gasteiger partial charge in [-0.1, -0.05) is 6.92 Å². The van der Waals surface area contributed by atoms with Gasteiger partial charge in [-0.3, -0.25) is 4.79 Å². The monoisotopic (exact) mass is 580 g/mol. The molecule has 228 valence electrons. The van der Waals surface area contributed by atoms with E-state index in [0.29, 0.717) is 25.7 Å². The highest BCUT2D eigenvalue weighted by Crippen LogP contribution is 2.73. The van der Waals surface area contributed by atoms with E-state index in [4.69, 9.17) is 18.9 Å². The second-order valence-electron chi connectivity index (χ2n) is 13.9. The van der Waals surface area contributed by atoms with E-state index in [2.05, 4.69) is 0 Å². The summed E-state index contributed by atoms with van der Waals surface area (Å²) in [5.74, 6) is -2.23. The molecule has 4 saturated carbocycles. The minimum atomic E-state index is -1.71. The number of aliphatic hydroxyl groups excluding tert-OH is 4. The number of carbonyl (C=O) groups excluding carboxylic acids is 2. The Morgan fingerprint density at radius 3 is 2.46 bits per heavy atom. The number of hydrogen-bond donors (Lipinski definition) is 6. The largest absolute Gasteiger partial charge is 0.461 e. The van der Waals surface area contributed by atoms with Gasteiger partial charge in [0.25, 0.3) is 0 Å². The van der Waals surface area contributed by atoms with Gasteiger partial charge in [0.05, 0.1) is 29.5 Å². The lowest BCUT2D eigenvalue weighted by Gasteiger charge is -2.64. The van der Waals surface area contributed by atoms with E-state index >= 15 is 0 Å². The summed E-state index contributed by atoms with van der Waals surface area (Å²) >= 11 is 0. The summed E-state index contributed by atoms with van der Waals surface area (Å²) in [6.07, 6.45) is -5.91. The third kappa shape index (κ3) is 3.44. The summed E-state index contributed by atoms with van der Waals surface area (Å²) in [6.45, 7) is 3.71. The predicted molar refractivity (Wildman–Crippen MR) is 135 cm³/mol. The van der Waals surface area contributed by atoms with Crippen LogP contribution >= 0.6 is 0 Å². The molecule has 41 heavy (non-hydrogen) atoms. The van der Waals surface area contributed by atoms with Gasteiger partial charge in [0, 0.05) is 30.3 Å². The Labute approximate surface area is 237 Å². The van der Waals surface area contributed by atoms with E-state index in [1.54, 1.807) is 0 Å². The zero-order chi connectivity index (χ0) is 29.3. The van der Waals surface area contributed by atoms with Gasteiger partial charge in [0.15, 0.2) is 6.29 Å². The minimum absolute atomic E-state index is 0.0423. The molecule has 3 heterocycles. The average molecular weight is 581 g/mol. The molecule has 0 bridgehead atoms. The number of ether oxygens (including phenoxy) is 4. The van der Waals surface area contributed by atoms with Crippen molar-refractivity contribution in [2.45, 2.75) is 119 Å². The van der Waals surface area contributed by atoms with Crippen molar-refractivity contribution in [3.8, 4) is 0 Å². The molecule has 3 aliphatic heterocycles. The van der Waals surface area contributed by atoms with E-state index in [1.165, 1.54) is 13.0 Å². The highest BCUT2D eigenvalue weighted by Gasteiger charge is 2.81. The molecule has 0 aromatic carbocycles. The molecule has 0 aromatic heterocycles. The number of rotatable bonds is 3. The minimum Gasteiger partial charge on any atom is -0.461 e. The first-order valence-electron chi connectivity index (χ1n) is 14.8. The van der Waals surface area contributed by atoms with Crippen LogP contribution in [0.4, 0.5) is 0 Å². The number of carbonyl (C=O) groups is 2. The third-order valence-corrected chi connectivity index (χ3v) is 12.2. The van der Waals surface area contributed by atoms with Crippen LogP contribution in [0.3, 0.4) is 0 Å². The van der Waals surface area contributed by atoms with Crippen LogP contribution < -0.4 is 0 Å². The molecule has 1 spiro atoms. The summed E-state index contributed by atoms with van der Waals surface area (Å²) in [5, 5.41) is 67.1. The Balaban J connectivity index is 1.19. The molecule has 15 atom stereocenters. The van der Waals surface area contributed by atoms with E-state index in [0.717, 1.165) is 5.57 Å². The van der Waals surface area contributed by atoms with Crippen LogP contribution in [-0.2, 0) is 28.5 Å². The maximum absolute atomic E-state index is 13.8. The highest BCUT2D eigenvalue weighted by atomic mass is 16.7. The van der Waals surface area contributed by atoms with Gasteiger partial charge in [0.1, 0.15) is 36.4 Å². The van der Waals surface area contributed by atoms with Crippen LogP contribution in [0.15, 0.2) is 11.6 Å². The van der Waals surface area contributed by atoms with Crippen molar-refractivity contribution in [1.29, 1.82) is 0 Å². The third-order valence-electron chi connectivity index (χ3n) is 12.2. The second kappa shape index (κ2) is 8.95. The van der Waals surface area contributed by atoms with Crippen molar-refractivity contribution in [3.05, 3.63) is 11.6 Å². The van der Waals surface area contributed by atoms with E-state index < -0.39 is 94.8 Å². The summed E-state index contributed by atoms with van der Waals surface area (Å²) in [4.78, 5) is 25.7. The van der Waals surface area contributed by atoms with Crippen molar-refractivity contribution < 1.29 is 59.2 Å². The van der Waals surface area contributed by atoms with Gasteiger partial charge in [-0.15, -0.1) is 0 Å². The first-order chi connectivity index (χ1) is 19.3. The van der Waals surface area contributed by atoms with Crippen molar-refractivity contribution in [1.82, 2.24) is 0 Å². The Morgan fingerprint density at radius 1 is 1.00 bits per heavy atom. The maximum atomic E-state index is 13.8. The predicted octanol–water partition coefficient (Wildman–Crippen LogP) is -0.943. The molecular weight excluding hydrogens is 540 g/mol. The summed E-state index contributed by atoms with van der Waals surface area (Å²) in [5.41, 5.74) is -4.41. The molecule has 12 heteroatoms. The Bertz CT molecular complexity index is 1170. The molecule has 6 fully saturated rings. The summed E-state index contributed by atoms with van der Waals surface area (Å²) in [6, 6.07) is 0. The van der Waals surface area contributed by atoms with Crippen LogP contribution in [0.1, 0.15) is 58.8 Å². The molecule has 4 aliphatic carbocycles. The summed E-state index contributed by atoms with van der Waals surface area (Å²) < 4.78 is 22.7. The van der Waals surface area contributed by atoms with Crippen LogP contribution in [0, 0.1) is 28.6 Å². The van der Waals surface area contributed by atoms with Crippen molar-refractivity contribution in [2.75, 3.05) is 6.61 Å². The van der Waals surface area contributed by atoms with Crippen LogP contribution in [-0.4, -0.2) is 109 Å². The molecule has 7 aliphatic rings. The SMILES string of the molecule is C[C@H]1O[C@@H](O[C@H]2C[C@H](O)[C@@]34C(=O)O[C@@H]5C[C@]6(C)[C@@H](C7=CC(=O)OC7)CC[C@@]6(O)[C@H](CC[C@]3(O)C2)[C@H]54)[C@@H](O)[C@@H](O)[C@H]1O. The molecular formula is C29H40O12. The van der Waals surface area contributed by atoms with Crippen LogP contribution in [0.25, 0.3) is 0 Å². The molecule has 0 radical (unpaired) electrons.